The van der Waals surface area contributed by atoms with Crippen molar-refractivity contribution in [2.45, 2.75) is 40.0 Å². The van der Waals surface area contributed by atoms with Gasteiger partial charge in [0.25, 0.3) is 5.56 Å². The smallest absolute Gasteiger partial charge is 0.275 e. The predicted octanol–water partition coefficient (Wildman–Crippen LogP) is 6.31. The van der Waals surface area contributed by atoms with Crippen LogP contribution in [0, 0.1) is 12.3 Å². The minimum atomic E-state index is -0.0446. The fourth-order valence-corrected chi connectivity index (χ4v) is 5.94. The van der Waals surface area contributed by atoms with Crippen LogP contribution in [0.1, 0.15) is 38.7 Å². The lowest BCUT2D eigenvalue weighted by molar-refractivity contribution is -0.00828. The highest BCUT2D eigenvalue weighted by Crippen LogP contribution is 2.36. The van der Waals surface area contributed by atoms with Crippen molar-refractivity contribution in [3.05, 3.63) is 76.8 Å². The SMILES string of the molecule is CCC1(CC)CN(CCCOc2ccc(-n3cnc4cc(-c5ccc(C)cc5)sc4c3=O)cc2)C1. The Labute approximate surface area is 211 Å². The summed E-state index contributed by atoms with van der Waals surface area (Å²) in [6, 6.07) is 18.1. The van der Waals surface area contributed by atoms with Crippen molar-refractivity contribution in [1.82, 2.24) is 14.5 Å². The van der Waals surface area contributed by atoms with Crippen LogP contribution in [0.5, 0.6) is 5.75 Å². The highest BCUT2D eigenvalue weighted by atomic mass is 32.1. The lowest BCUT2D eigenvalue weighted by Gasteiger charge is -2.50. The van der Waals surface area contributed by atoms with Crippen LogP contribution in [0.15, 0.2) is 65.7 Å². The van der Waals surface area contributed by atoms with Gasteiger partial charge in [-0.15, -0.1) is 11.3 Å². The predicted molar refractivity (Wildman–Crippen MR) is 145 cm³/mol. The van der Waals surface area contributed by atoms with E-state index in [2.05, 4.69) is 54.9 Å². The van der Waals surface area contributed by atoms with Crippen LogP contribution < -0.4 is 10.3 Å². The van der Waals surface area contributed by atoms with E-state index in [9.17, 15) is 4.79 Å². The summed E-state index contributed by atoms with van der Waals surface area (Å²) in [6.07, 6.45) is 5.18. The minimum absolute atomic E-state index is 0.0446. The number of aryl methyl sites for hydroxylation is 1. The van der Waals surface area contributed by atoms with E-state index in [1.807, 2.05) is 30.3 Å². The number of benzene rings is 2. The molecule has 0 N–H and O–H groups in total. The van der Waals surface area contributed by atoms with Crippen molar-refractivity contribution in [3.63, 3.8) is 0 Å². The average Bonchev–Trinajstić information content (AvgIpc) is 3.30. The van der Waals surface area contributed by atoms with Crippen LogP contribution >= 0.6 is 11.3 Å². The maximum atomic E-state index is 13.2. The third-order valence-corrected chi connectivity index (χ3v) is 8.56. The molecule has 6 heteroatoms. The van der Waals surface area contributed by atoms with Gasteiger partial charge in [-0.25, -0.2) is 4.98 Å². The summed E-state index contributed by atoms with van der Waals surface area (Å²) in [4.78, 5) is 21.3. The minimum Gasteiger partial charge on any atom is -0.494 e. The number of rotatable bonds is 9. The van der Waals surface area contributed by atoms with Crippen molar-refractivity contribution in [2.75, 3.05) is 26.2 Å². The molecule has 2 aromatic carbocycles. The van der Waals surface area contributed by atoms with E-state index in [0.29, 0.717) is 16.7 Å². The zero-order valence-corrected chi connectivity index (χ0v) is 21.6. The van der Waals surface area contributed by atoms with Gasteiger partial charge in [-0.05, 0) is 67.5 Å². The van der Waals surface area contributed by atoms with E-state index in [0.717, 1.165) is 40.4 Å². The number of nitrogens with zero attached hydrogens (tertiary/aromatic N) is 3. The topological polar surface area (TPSA) is 47.4 Å². The summed E-state index contributed by atoms with van der Waals surface area (Å²) in [7, 11) is 0. The number of fused-ring (bicyclic) bond motifs is 1. The summed E-state index contributed by atoms with van der Waals surface area (Å²) >= 11 is 1.50. The number of hydrogen-bond donors (Lipinski definition) is 0. The van der Waals surface area contributed by atoms with Gasteiger partial charge in [0, 0.05) is 24.5 Å². The molecule has 0 unspecified atom stereocenters. The molecule has 4 aromatic rings. The first-order valence-corrected chi connectivity index (χ1v) is 13.4. The molecule has 3 heterocycles. The normalized spacial score (nSPS) is 15.3. The van der Waals surface area contributed by atoms with Crippen LogP contribution in [0.3, 0.4) is 0 Å². The maximum absolute atomic E-state index is 13.2. The highest BCUT2D eigenvalue weighted by molar-refractivity contribution is 7.22. The van der Waals surface area contributed by atoms with Gasteiger partial charge in [0.1, 0.15) is 16.8 Å². The molecule has 0 atom stereocenters. The van der Waals surface area contributed by atoms with Crippen molar-refractivity contribution in [1.29, 1.82) is 0 Å². The molecule has 1 fully saturated rings. The van der Waals surface area contributed by atoms with Crippen molar-refractivity contribution in [2.24, 2.45) is 5.41 Å². The second kappa shape index (κ2) is 9.96. The molecule has 0 amide bonds. The number of ether oxygens (including phenoxy) is 1. The van der Waals surface area contributed by atoms with E-state index in [1.165, 1.54) is 42.8 Å². The van der Waals surface area contributed by atoms with E-state index in [4.69, 9.17) is 4.74 Å². The third kappa shape index (κ3) is 4.91. The van der Waals surface area contributed by atoms with Gasteiger partial charge < -0.3 is 9.64 Å². The molecule has 0 spiro atoms. The number of likely N-dealkylation sites (tertiary alicyclic amines) is 1. The Hall–Kier alpha value is -2.96. The van der Waals surface area contributed by atoms with Gasteiger partial charge in [-0.3, -0.25) is 9.36 Å². The molecule has 0 saturated carbocycles. The van der Waals surface area contributed by atoms with Gasteiger partial charge >= 0.3 is 0 Å². The van der Waals surface area contributed by atoms with Gasteiger partial charge in [-0.1, -0.05) is 43.7 Å². The summed E-state index contributed by atoms with van der Waals surface area (Å²) in [5.74, 6) is 0.827. The van der Waals surface area contributed by atoms with Crippen LogP contribution in [-0.2, 0) is 0 Å². The van der Waals surface area contributed by atoms with Crippen molar-refractivity contribution >= 4 is 21.6 Å². The molecule has 2 aromatic heterocycles. The molecule has 5 nitrogen and oxygen atoms in total. The number of aromatic nitrogens is 2. The second-order valence-electron chi connectivity index (χ2n) is 9.72. The Morgan fingerprint density at radius 3 is 2.43 bits per heavy atom. The standard InChI is InChI=1S/C29H33N3O2S/c1-4-29(5-2)18-31(19-29)15-6-16-34-24-13-11-23(12-14-24)32-20-30-25-17-26(35-27(25)28(32)33)22-9-7-21(3)8-10-22/h7-14,17,20H,4-6,15-16,18-19H2,1-3H3. The van der Waals surface area contributed by atoms with Crippen LogP contribution in [-0.4, -0.2) is 40.7 Å². The van der Waals surface area contributed by atoms with E-state index < -0.39 is 0 Å². The molecule has 1 aliphatic heterocycles. The Morgan fingerprint density at radius 1 is 1.03 bits per heavy atom. The molecule has 35 heavy (non-hydrogen) atoms. The highest BCUT2D eigenvalue weighted by Gasteiger charge is 2.38. The van der Waals surface area contributed by atoms with Crippen LogP contribution in [0.2, 0.25) is 0 Å². The Balaban J connectivity index is 1.21. The van der Waals surface area contributed by atoms with Crippen LogP contribution in [0.25, 0.3) is 26.3 Å². The Bertz CT molecular complexity index is 1340. The average molecular weight is 488 g/mol. The monoisotopic (exact) mass is 487 g/mol. The molecular weight excluding hydrogens is 454 g/mol. The number of hydrogen-bond acceptors (Lipinski definition) is 5. The molecule has 0 aliphatic carbocycles. The first kappa shape index (κ1) is 23.8. The van der Waals surface area contributed by atoms with Crippen molar-refractivity contribution in [3.8, 4) is 21.9 Å². The summed E-state index contributed by atoms with van der Waals surface area (Å²) in [5, 5.41) is 0. The van der Waals surface area contributed by atoms with E-state index in [-0.39, 0.29) is 5.56 Å². The quantitative estimate of drug-likeness (QED) is 0.260. The molecule has 0 bridgehead atoms. The zero-order valence-electron chi connectivity index (χ0n) is 20.8. The third-order valence-electron chi connectivity index (χ3n) is 7.39. The zero-order chi connectivity index (χ0) is 24.4. The number of thiophene rings is 1. The molecule has 1 aliphatic rings. The van der Waals surface area contributed by atoms with Gasteiger partial charge in [0.05, 0.1) is 17.8 Å². The van der Waals surface area contributed by atoms with E-state index in [1.54, 1.807) is 10.9 Å². The Morgan fingerprint density at radius 2 is 1.74 bits per heavy atom. The first-order chi connectivity index (χ1) is 17.0. The molecule has 0 radical (unpaired) electrons. The fraction of sp³-hybridized carbons (Fsp3) is 0.379. The van der Waals surface area contributed by atoms with Gasteiger partial charge in [0.15, 0.2) is 0 Å². The molecule has 1 saturated heterocycles. The lowest BCUT2D eigenvalue weighted by atomic mass is 9.75. The maximum Gasteiger partial charge on any atom is 0.275 e. The molecule has 182 valence electrons. The largest absolute Gasteiger partial charge is 0.494 e. The second-order valence-corrected chi connectivity index (χ2v) is 10.8. The van der Waals surface area contributed by atoms with Gasteiger partial charge in [-0.2, -0.15) is 0 Å². The van der Waals surface area contributed by atoms with Gasteiger partial charge in [0.2, 0.25) is 0 Å². The van der Waals surface area contributed by atoms with Crippen LogP contribution in [0.4, 0.5) is 0 Å². The molecular formula is C29H33N3O2S. The van der Waals surface area contributed by atoms with Crippen molar-refractivity contribution < 1.29 is 4.74 Å². The summed E-state index contributed by atoms with van der Waals surface area (Å²) in [5.41, 5.74) is 4.36. The van der Waals surface area contributed by atoms with E-state index >= 15 is 0 Å². The first-order valence-electron chi connectivity index (χ1n) is 12.5. The molecule has 5 rings (SSSR count). The lowest BCUT2D eigenvalue weighted by Crippen LogP contribution is -2.55. The summed E-state index contributed by atoms with van der Waals surface area (Å²) < 4.78 is 8.24. The Kier molecular flexibility index (Phi) is 6.76. The summed E-state index contributed by atoms with van der Waals surface area (Å²) in [6.45, 7) is 10.9. The fourth-order valence-electron chi connectivity index (χ4n) is 4.90.